The normalized spacial score (nSPS) is 26.1. The fourth-order valence-electron chi connectivity index (χ4n) is 1.86. The number of allylic oxidation sites excluding steroid dienone is 6. The highest BCUT2D eigenvalue weighted by Gasteiger charge is 2.36. The van der Waals surface area contributed by atoms with Crippen molar-refractivity contribution < 1.29 is 4.79 Å². The van der Waals surface area contributed by atoms with Crippen LogP contribution in [0.4, 0.5) is 0 Å². The second kappa shape index (κ2) is 2.44. The standard InChI is InChI=1S/C12H14O/c1-12(2,3)10-7-8-5-4-6-9(8)11(10)13/h4-7,9H,1-3H3. The molecule has 1 heteroatoms. The van der Waals surface area contributed by atoms with E-state index in [9.17, 15) is 4.79 Å². The highest BCUT2D eigenvalue weighted by molar-refractivity contribution is 6.06. The molecule has 0 fully saturated rings. The first kappa shape index (κ1) is 8.49. The third-order valence-electron chi connectivity index (χ3n) is 2.62. The second-order valence-electron chi connectivity index (χ2n) is 4.70. The Balaban J connectivity index is 2.40. The Morgan fingerprint density at radius 3 is 2.54 bits per heavy atom. The molecule has 0 aliphatic heterocycles. The molecule has 0 heterocycles. The molecular formula is C12H14O. The molecule has 1 nitrogen and oxygen atoms in total. The zero-order valence-corrected chi connectivity index (χ0v) is 8.29. The lowest BCUT2D eigenvalue weighted by Gasteiger charge is -2.19. The number of hydrogen-bond acceptors (Lipinski definition) is 1. The summed E-state index contributed by atoms with van der Waals surface area (Å²) < 4.78 is 0. The predicted octanol–water partition coefficient (Wildman–Crippen LogP) is 2.65. The van der Waals surface area contributed by atoms with Crippen LogP contribution in [0.25, 0.3) is 0 Å². The zero-order chi connectivity index (χ0) is 9.64. The lowest BCUT2D eigenvalue weighted by Crippen LogP contribution is -2.18. The van der Waals surface area contributed by atoms with Crippen LogP contribution in [0.1, 0.15) is 20.8 Å². The van der Waals surface area contributed by atoms with Crippen molar-refractivity contribution in [3.63, 3.8) is 0 Å². The minimum Gasteiger partial charge on any atom is -0.293 e. The van der Waals surface area contributed by atoms with Crippen molar-refractivity contribution in [2.45, 2.75) is 20.8 Å². The van der Waals surface area contributed by atoms with Crippen LogP contribution < -0.4 is 0 Å². The van der Waals surface area contributed by atoms with Gasteiger partial charge in [0.15, 0.2) is 5.78 Å². The summed E-state index contributed by atoms with van der Waals surface area (Å²) in [6.45, 7) is 6.26. The molecule has 2 aliphatic carbocycles. The average Bonchev–Trinajstić information content (AvgIpc) is 2.51. The van der Waals surface area contributed by atoms with Crippen LogP contribution >= 0.6 is 0 Å². The van der Waals surface area contributed by atoms with E-state index in [4.69, 9.17) is 0 Å². The van der Waals surface area contributed by atoms with Gasteiger partial charge < -0.3 is 0 Å². The van der Waals surface area contributed by atoms with Crippen LogP contribution in [0.2, 0.25) is 0 Å². The Morgan fingerprint density at radius 1 is 1.31 bits per heavy atom. The molecule has 0 aromatic heterocycles. The SMILES string of the molecule is CC(C)(C)C1=CC2=CC=CC2C1=O. The van der Waals surface area contributed by atoms with Gasteiger partial charge in [0.05, 0.1) is 5.92 Å². The largest absolute Gasteiger partial charge is 0.293 e. The first-order valence-corrected chi connectivity index (χ1v) is 4.65. The first-order valence-electron chi connectivity index (χ1n) is 4.65. The molecule has 0 aromatic carbocycles. The maximum absolute atomic E-state index is 11.9. The van der Waals surface area contributed by atoms with Gasteiger partial charge in [0.1, 0.15) is 0 Å². The highest BCUT2D eigenvalue weighted by atomic mass is 16.1. The molecule has 1 atom stereocenters. The van der Waals surface area contributed by atoms with E-state index in [1.165, 1.54) is 0 Å². The quantitative estimate of drug-likeness (QED) is 0.551. The van der Waals surface area contributed by atoms with Gasteiger partial charge in [-0.15, -0.1) is 0 Å². The summed E-state index contributed by atoms with van der Waals surface area (Å²) in [6, 6.07) is 0. The van der Waals surface area contributed by atoms with Crippen LogP contribution in [0.5, 0.6) is 0 Å². The van der Waals surface area contributed by atoms with E-state index in [0.29, 0.717) is 0 Å². The van der Waals surface area contributed by atoms with Gasteiger partial charge in [-0.25, -0.2) is 0 Å². The van der Waals surface area contributed by atoms with Gasteiger partial charge in [0.2, 0.25) is 0 Å². The van der Waals surface area contributed by atoms with E-state index < -0.39 is 0 Å². The number of rotatable bonds is 0. The van der Waals surface area contributed by atoms with E-state index in [1.807, 2.05) is 24.3 Å². The maximum Gasteiger partial charge on any atom is 0.170 e. The van der Waals surface area contributed by atoms with Gasteiger partial charge >= 0.3 is 0 Å². The molecule has 0 radical (unpaired) electrons. The van der Waals surface area contributed by atoms with E-state index in [1.54, 1.807) is 0 Å². The van der Waals surface area contributed by atoms with Crippen LogP contribution in [0.15, 0.2) is 35.5 Å². The average molecular weight is 174 g/mol. The van der Waals surface area contributed by atoms with E-state index >= 15 is 0 Å². The summed E-state index contributed by atoms with van der Waals surface area (Å²) in [5.41, 5.74) is 2.11. The van der Waals surface area contributed by atoms with Crippen molar-refractivity contribution in [2.24, 2.45) is 11.3 Å². The van der Waals surface area contributed by atoms with Crippen molar-refractivity contribution in [1.29, 1.82) is 0 Å². The Kier molecular flexibility index (Phi) is 1.59. The number of hydrogen-bond donors (Lipinski definition) is 0. The molecule has 0 saturated carbocycles. The third kappa shape index (κ3) is 1.19. The first-order chi connectivity index (χ1) is 6.00. The molecule has 0 aromatic rings. The third-order valence-corrected chi connectivity index (χ3v) is 2.62. The Labute approximate surface area is 78.8 Å². The monoisotopic (exact) mass is 174 g/mol. The summed E-state index contributed by atoms with van der Waals surface area (Å²) in [6.07, 6.45) is 8.02. The molecule has 1 unspecified atom stereocenters. The van der Waals surface area contributed by atoms with Gasteiger partial charge in [-0.05, 0) is 11.0 Å². The molecule has 0 amide bonds. The van der Waals surface area contributed by atoms with Gasteiger partial charge in [0, 0.05) is 5.57 Å². The number of carbonyl (C=O) groups is 1. The van der Waals surface area contributed by atoms with Crippen molar-refractivity contribution in [1.82, 2.24) is 0 Å². The lowest BCUT2D eigenvalue weighted by atomic mass is 9.84. The summed E-state index contributed by atoms with van der Waals surface area (Å²) in [5.74, 6) is 0.321. The Bertz CT molecular complexity index is 348. The molecule has 0 bridgehead atoms. The number of Topliss-reactive ketones (excluding diaryl/α,β-unsaturated/α-hetero) is 1. The molecule has 0 spiro atoms. The Morgan fingerprint density at radius 2 is 2.00 bits per heavy atom. The summed E-state index contributed by atoms with van der Waals surface area (Å²) in [5, 5.41) is 0. The number of ketones is 1. The topological polar surface area (TPSA) is 17.1 Å². The lowest BCUT2D eigenvalue weighted by molar-refractivity contribution is -0.117. The summed E-state index contributed by atoms with van der Waals surface area (Å²) in [4.78, 5) is 11.9. The molecule has 2 aliphatic rings. The molecule has 0 saturated heterocycles. The highest BCUT2D eigenvalue weighted by Crippen LogP contribution is 2.39. The van der Waals surface area contributed by atoms with Crippen LogP contribution in [0.3, 0.4) is 0 Å². The molecule has 0 N–H and O–H groups in total. The van der Waals surface area contributed by atoms with Crippen LogP contribution in [-0.2, 0) is 4.79 Å². The van der Waals surface area contributed by atoms with Gasteiger partial charge in [-0.1, -0.05) is 45.1 Å². The van der Waals surface area contributed by atoms with Crippen molar-refractivity contribution in [3.8, 4) is 0 Å². The van der Waals surface area contributed by atoms with Gasteiger partial charge in [-0.3, -0.25) is 4.79 Å². The van der Waals surface area contributed by atoms with Crippen LogP contribution in [-0.4, -0.2) is 5.78 Å². The van der Waals surface area contributed by atoms with Crippen molar-refractivity contribution in [3.05, 3.63) is 35.5 Å². The summed E-state index contributed by atoms with van der Waals surface area (Å²) >= 11 is 0. The van der Waals surface area contributed by atoms with Gasteiger partial charge in [-0.2, -0.15) is 0 Å². The van der Waals surface area contributed by atoms with Crippen molar-refractivity contribution in [2.75, 3.05) is 0 Å². The van der Waals surface area contributed by atoms with E-state index in [0.717, 1.165) is 11.1 Å². The number of carbonyl (C=O) groups excluding carboxylic acids is 1. The minimum atomic E-state index is -0.0178. The van der Waals surface area contributed by atoms with E-state index in [2.05, 4.69) is 20.8 Å². The molecule has 13 heavy (non-hydrogen) atoms. The second-order valence-corrected chi connectivity index (χ2v) is 4.70. The predicted molar refractivity (Wildman–Crippen MR) is 53.3 cm³/mol. The van der Waals surface area contributed by atoms with Crippen molar-refractivity contribution >= 4 is 5.78 Å². The fourth-order valence-corrected chi connectivity index (χ4v) is 1.86. The molecular weight excluding hydrogens is 160 g/mol. The molecule has 68 valence electrons. The zero-order valence-electron chi connectivity index (χ0n) is 8.29. The van der Waals surface area contributed by atoms with Crippen LogP contribution in [0, 0.1) is 11.3 Å². The smallest absolute Gasteiger partial charge is 0.170 e. The Hall–Kier alpha value is -1.11. The number of fused-ring (bicyclic) bond motifs is 1. The maximum atomic E-state index is 11.9. The molecule has 2 rings (SSSR count). The van der Waals surface area contributed by atoms with E-state index in [-0.39, 0.29) is 17.1 Å². The fraction of sp³-hybridized carbons (Fsp3) is 0.417. The summed E-state index contributed by atoms with van der Waals surface area (Å²) in [7, 11) is 0. The van der Waals surface area contributed by atoms with Gasteiger partial charge in [0.25, 0.3) is 0 Å². The minimum absolute atomic E-state index is 0.0178.